The SMILES string of the molecule is CC(CNc1cncc(Br)c1)N1CCCCC1. The Labute approximate surface area is 112 Å². The third-order valence-electron chi connectivity index (χ3n) is 3.32. The third-order valence-corrected chi connectivity index (χ3v) is 3.75. The normalized spacial score (nSPS) is 18.9. The summed E-state index contributed by atoms with van der Waals surface area (Å²) >= 11 is 3.43. The van der Waals surface area contributed by atoms with Crippen LogP contribution in [0.1, 0.15) is 26.2 Å². The third kappa shape index (κ3) is 3.96. The van der Waals surface area contributed by atoms with Crippen molar-refractivity contribution >= 4 is 21.6 Å². The second-order valence-corrected chi connectivity index (χ2v) is 5.63. The van der Waals surface area contributed by atoms with Crippen LogP contribution in [0.2, 0.25) is 0 Å². The Hall–Kier alpha value is -0.610. The van der Waals surface area contributed by atoms with Crippen molar-refractivity contribution in [3.05, 3.63) is 22.9 Å². The lowest BCUT2D eigenvalue weighted by atomic mass is 10.1. The minimum absolute atomic E-state index is 0.592. The van der Waals surface area contributed by atoms with Gasteiger partial charge in [-0.25, -0.2) is 0 Å². The first-order valence-electron chi connectivity index (χ1n) is 6.34. The number of likely N-dealkylation sites (tertiary alicyclic amines) is 1. The molecule has 0 spiro atoms. The molecule has 1 aliphatic heterocycles. The van der Waals surface area contributed by atoms with Crippen LogP contribution in [0.5, 0.6) is 0 Å². The molecule has 1 unspecified atom stereocenters. The van der Waals surface area contributed by atoms with Crippen LogP contribution in [-0.4, -0.2) is 35.6 Å². The molecule has 1 atom stereocenters. The van der Waals surface area contributed by atoms with Gasteiger partial charge in [-0.15, -0.1) is 0 Å². The number of piperidine rings is 1. The second kappa shape index (κ2) is 6.36. The lowest BCUT2D eigenvalue weighted by Crippen LogP contribution is -2.41. The quantitative estimate of drug-likeness (QED) is 0.925. The fourth-order valence-corrected chi connectivity index (χ4v) is 2.63. The van der Waals surface area contributed by atoms with E-state index in [9.17, 15) is 0 Å². The van der Waals surface area contributed by atoms with Crippen LogP contribution in [0, 0.1) is 0 Å². The second-order valence-electron chi connectivity index (χ2n) is 4.72. The van der Waals surface area contributed by atoms with E-state index in [-0.39, 0.29) is 0 Å². The van der Waals surface area contributed by atoms with Crippen molar-refractivity contribution in [2.75, 3.05) is 25.0 Å². The highest BCUT2D eigenvalue weighted by Crippen LogP contribution is 2.15. The first-order chi connectivity index (χ1) is 8.25. The van der Waals surface area contributed by atoms with Gasteiger partial charge in [0.2, 0.25) is 0 Å². The lowest BCUT2D eigenvalue weighted by molar-refractivity contribution is 0.180. The van der Waals surface area contributed by atoms with Gasteiger partial charge in [0.05, 0.1) is 11.9 Å². The smallest absolute Gasteiger partial charge is 0.0538 e. The highest BCUT2D eigenvalue weighted by atomic mass is 79.9. The molecule has 1 aromatic rings. The van der Waals surface area contributed by atoms with Crippen LogP contribution in [-0.2, 0) is 0 Å². The number of aromatic nitrogens is 1. The van der Waals surface area contributed by atoms with Crippen LogP contribution in [0.4, 0.5) is 5.69 Å². The van der Waals surface area contributed by atoms with Gasteiger partial charge in [0.25, 0.3) is 0 Å². The van der Waals surface area contributed by atoms with Gasteiger partial charge in [-0.2, -0.15) is 0 Å². The molecule has 0 aromatic carbocycles. The molecule has 0 radical (unpaired) electrons. The number of rotatable bonds is 4. The van der Waals surface area contributed by atoms with Crippen LogP contribution >= 0.6 is 15.9 Å². The molecule has 4 heteroatoms. The number of pyridine rings is 1. The minimum Gasteiger partial charge on any atom is -0.382 e. The zero-order valence-corrected chi connectivity index (χ0v) is 11.9. The molecule has 94 valence electrons. The molecular formula is C13H20BrN3. The van der Waals surface area contributed by atoms with Crippen LogP contribution < -0.4 is 5.32 Å². The maximum absolute atomic E-state index is 4.15. The fourth-order valence-electron chi connectivity index (χ4n) is 2.26. The van der Waals surface area contributed by atoms with E-state index in [2.05, 4.69) is 44.1 Å². The van der Waals surface area contributed by atoms with E-state index in [0.717, 1.165) is 16.7 Å². The minimum atomic E-state index is 0.592. The van der Waals surface area contributed by atoms with Gasteiger partial charge in [-0.1, -0.05) is 6.42 Å². The van der Waals surface area contributed by atoms with Gasteiger partial charge >= 0.3 is 0 Å². The topological polar surface area (TPSA) is 28.2 Å². The molecule has 0 bridgehead atoms. The Kier molecular flexibility index (Phi) is 4.80. The molecule has 1 N–H and O–H groups in total. The van der Waals surface area contributed by atoms with E-state index < -0.39 is 0 Å². The number of halogens is 1. The highest BCUT2D eigenvalue weighted by molar-refractivity contribution is 9.10. The Balaban J connectivity index is 1.80. The fraction of sp³-hybridized carbons (Fsp3) is 0.615. The van der Waals surface area contributed by atoms with Crippen molar-refractivity contribution in [1.29, 1.82) is 0 Å². The molecule has 2 heterocycles. The summed E-state index contributed by atoms with van der Waals surface area (Å²) in [6.07, 6.45) is 7.77. The van der Waals surface area contributed by atoms with Crippen molar-refractivity contribution in [1.82, 2.24) is 9.88 Å². The van der Waals surface area contributed by atoms with Crippen LogP contribution in [0.15, 0.2) is 22.9 Å². The lowest BCUT2D eigenvalue weighted by Gasteiger charge is -2.32. The highest BCUT2D eigenvalue weighted by Gasteiger charge is 2.16. The summed E-state index contributed by atoms with van der Waals surface area (Å²) < 4.78 is 1.02. The first kappa shape index (κ1) is 12.8. The summed E-state index contributed by atoms with van der Waals surface area (Å²) in [5, 5.41) is 3.45. The molecule has 0 aliphatic carbocycles. The summed E-state index contributed by atoms with van der Waals surface area (Å²) in [6, 6.07) is 2.66. The van der Waals surface area contributed by atoms with Crippen molar-refractivity contribution < 1.29 is 0 Å². The Bertz CT molecular complexity index is 350. The van der Waals surface area contributed by atoms with E-state index >= 15 is 0 Å². The van der Waals surface area contributed by atoms with Crippen molar-refractivity contribution in [2.24, 2.45) is 0 Å². The Morgan fingerprint density at radius 3 is 2.82 bits per heavy atom. The van der Waals surface area contributed by atoms with Gasteiger partial charge in [-0.05, 0) is 54.9 Å². The molecular weight excluding hydrogens is 278 g/mol. The Morgan fingerprint density at radius 1 is 1.35 bits per heavy atom. The van der Waals surface area contributed by atoms with Crippen LogP contribution in [0.25, 0.3) is 0 Å². The summed E-state index contributed by atoms with van der Waals surface area (Å²) in [4.78, 5) is 6.72. The molecule has 0 amide bonds. The monoisotopic (exact) mass is 297 g/mol. The Morgan fingerprint density at radius 2 is 2.12 bits per heavy atom. The standard InChI is InChI=1S/C13H20BrN3/c1-11(17-5-3-2-4-6-17)8-16-13-7-12(14)9-15-10-13/h7,9-11,16H,2-6,8H2,1H3. The van der Waals surface area contributed by atoms with E-state index in [1.165, 1.54) is 32.4 Å². The largest absolute Gasteiger partial charge is 0.382 e. The molecule has 2 rings (SSSR count). The van der Waals surface area contributed by atoms with Gasteiger partial charge < -0.3 is 5.32 Å². The number of hydrogen-bond donors (Lipinski definition) is 1. The molecule has 3 nitrogen and oxygen atoms in total. The molecule has 1 fully saturated rings. The summed E-state index contributed by atoms with van der Waals surface area (Å²) in [6.45, 7) is 5.78. The van der Waals surface area contributed by atoms with Gasteiger partial charge in [0.1, 0.15) is 0 Å². The van der Waals surface area contributed by atoms with Crippen LogP contribution in [0.3, 0.4) is 0 Å². The molecule has 0 saturated carbocycles. The zero-order valence-electron chi connectivity index (χ0n) is 10.3. The summed E-state index contributed by atoms with van der Waals surface area (Å²) in [7, 11) is 0. The number of anilines is 1. The zero-order chi connectivity index (χ0) is 12.1. The van der Waals surface area contributed by atoms with Gasteiger partial charge in [-0.3, -0.25) is 9.88 Å². The summed E-state index contributed by atoms with van der Waals surface area (Å²) in [5.74, 6) is 0. The van der Waals surface area contributed by atoms with Gasteiger partial charge in [0, 0.05) is 23.3 Å². The molecule has 1 aromatic heterocycles. The molecule has 1 saturated heterocycles. The maximum Gasteiger partial charge on any atom is 0.0538 e. The first-order valence-corrected chi connectivity index (χ1v) is 7.13. The van der Waals surface area contributed by atoms with E-state index in [4.69, 9.17) is 0 Å². The average Bonchev–Trinajstić information content (AvgIpc) is 2.37. The molecule has 17 heavy (non-hydrogen) atoms. The number of nitrogens with zero attached hydrogens (tertiary/aromatic N) is 2. The van der Waals surface area contributed by atoms with E-state index in [1.807, 2.05) is 6.20 Å². The summed E-state index contributed by atoms with van der Waals surface area (Å²) in [5.41, 5.74) is 1.09. The average molecular weight is 298 g/mol. The van der Waals surface area contributed by atoms with Crippen molar-refractivity contribution in [3.8, 4) is 0 Å². The number of hydrogen-bond acceptors (Lipinski definition) is 3. The predicted octanol–water partition coefficient (Wildman–Crippen LogP) is 3.13. The molecule has 1 aliphatic rings. The maximum atomic E-state index is 4.15. The van der Waals surface area contributed by atoms with Gasteiger partial charge in [0.15, 0.2) is 0 Å². The van der Waals surface area contributed by atoms with Crippen molar-refractivity contribution in [2.45, 2.75) is 32.2 Å². The van der Waals surface area contributed by atoms with E-state index in [0.29, 0.717) is 6.04 Å². The predicted molar refractivity (Wildman–Crippen MR) is 75.3 cm³/mol. The number of nitrogens with one attached hydrogen (secondary N) is 1. The van der Waals surface area contributed by atoms with Crippen molar-refractivity contribution in [3.63, 3.8) is 0 Å². The van der Waals surface area contributed by atoms with E-state index in [1.54, 1.807) is 6.20 Å².